The van der Waals surface area contributed by atoms with E-state index in [1.54, 1.807) is 0 Å². The molecule has 0 saturated carbocycles. The van der Waals surface area contributed by atoms with Gasteiger partial charge in [0, 0.05) is 0 Å². The van der Waals surface area contributed by atoms with Crippen molar-refractivity contribution in [2.24, 2.45) is 0 Å². The van der Waals surface area contributed by atoms with Crippen molar-refractivity contribution in [3.8, 4) is 0 Å². The van der Waals surface area contributed by atoms with E-state index in [9.17, 15) is 0 Å². The molecule has 0 nitrogen and oxygen atoms in total. The number of hydrogen-bond donors (Lipinski definition) is 0. The van der Waals surface area contributed by atoms with Crippen molar-refractivity contribution in [2.45, 2.75) is 64.2 Å². The highest BCUT2D eigenvalue weighted by atomic mass is 13.9. The first-order chi connectivity index (χ1) is 9.00. The lowest BCUT2D eigenvalue weighted by molar-refractivity contribution is 0.694. The SMILES string of the molecule is C1=CCCCCCC=CC=CCCCCCC=C1. The summed E-state index contributed by atoms with van der Waals surface area (Å²) in [5.41, 5.74) is 0. The molecular formula is C18H28. The maximum absolute atomic E-state index is 2.30. The third-order valence-corrected chi connectivity index (χ3v) is 3.25. The van der Waals surface area contributed by atoms with Crippen molar-refractivity contribution in [1.29, 1.82) is 0 Å². The lowest BCUT2D eigenvalue weighted by Crippen LogP contribution is -1.76. The summed E-state index contributed by atoms with van der Waals surface area (Å²) in [5.74, 6) is 0. The summed E-state index contributed by atoms with van der Waals surface area (Å²) < 4.78 is 0. The Morgan fingerprint density at radius 1 is 0.333 bits per heavy atom. The van der Waals surface area contributed by atoms with Crippen LogP contribution < -0.4 is 0 Å². The molecule has 1 aliphatic carbocycles. The van der Waals surface area contributed by atoms with Gasteiger partial charge in [-0.05, 0) is 51.4 Å². The van der Waals surface area contributed by atoms with Crippen LogP contribution in [-0.2, 0) is 0 Å². The molecule has 1 aliphatic rings. The molecule has 0 N–H and O–H groups in total. The largest absolute Gasteiger partial charge is 0.0845 e. The van der Waals surface area contributed by atoms with Gasteiger partial charge in [-0.1, -0.05) is 61.4 Å². The minimum atomic E-state index is 1.23. The molecule has 0 aromatic carbocycles. The Labute approximate surface area is 113 Å². The standard InChI is InChI=1S/C18H28/c1-2-4-6-8-10-12-14-16-18-17-15-13-11-9-7-5-3-1/h1-4,15-18H,5-14H2. The van der Waals surface area contributed by atoms with Crippen molar-refractivity contribution in [1.82, 2.24) is 0 Å². The Kier molecular flexibility index (Phi) is 10.4. The van der Waals surface area contributed by atoms with Gasteiger partial charge in [0.25, 0.3) is 0 Å². The van der Waals surface area contributed by atoms with E-state index in [-0.39, 0.29) is 0 Å². The van der Waals surface area contributed by atoms with Gasteiger partial charge in [0.15, 0.2) is 0 Å². The fourth-order valence-corrected chi connectivity index (χ4v) is 2.10. The Balaban J connectivity index is 2.25. The average molecular weight is 244 g/mol. The lowest BCUT2D eigenvalue weighted by Gasteiger charge is -1.96. The first-order valence-corrected chi connectivity index (χ1v) is 7.63. The fraction of sp³-hybridized carbons (Fsp3) is 0.556. The van der Waals surface area contributed by atoms with Gasteiger partial charge in [-0.3, -0.25) is 0 Å². The molecule has 0 heterocycles. The fourth-order valence-electron chi connectivity index (χ4n) is 2.10. The third kappa shape index (κ3) is 10.1. The van der Waals surface area contributed by atoms with E-state index in [1.807, 2.05) is 0 Å². The first-order valence-electron chi connectivity index (χ1n) is 7.63. The molecule has 18 heavy (non-hydrogen) atoms. The Bertz CT molecular complexity index is 220. The van der Waals surface area contributed by atoms with Crippen molar-refractivity contribution < 1.29 is 0 Å². The quantitative estimate of drug-likeness (QED) is 0.481. The molecule has 0 bridgehead atoms. The topological polar surface area (TPSA) is 0 Å². The van der Waals surface area contributed by atoms with Crippen molar-refractivity contribution in [3.63, 3.8) is 0 Å². The maximum Gasteiger partial charge on any atom is -0.0348 e. The highest BCUT2D eigenvalue weighted by molar-refractivity contribution is 5.03. The van der Waals surface area contributed by atoms with Crippen molar-refractivity contribution in [2.75, 3.05) is 0 Å². The zero-order valence-electron chi connectivity index (χ0n) is 11.7. The van der Waals surface area contributed by atoms with E-state index in [0.29, 0.717) is 0 Å². The van der Waals surface area contributed by atoms with Gasteiger partial charge in [-0.25, -0.2) is 0 Å². The monoisotopic (exact) mass is 244 g/mol. The van der Waals surface area contributed by atoms with Crippen molar-refractivity contribution in [3.05, 3.63) is 48.6 Å². The predicted octanol–water partition coefficient (Wildman–Crippen LogP) is 6.13. The molecular weight excluding hydrogens is 216 g/mol. The summed E-state index contributed by atoms with van der Waals surface area (Å²) in [5, 5.41) is 0. The maximum atomic E-state index is 2.30. The van der Waals surface area contributed by atoms with E-state index in [4.69, 9.17) is 0 Å². The molecule has 0 fully saturated rings. The highest BCUT2D eigenvalue weighted by Gasteiger charge is 1.87. The summed E-state index contributed by atoms with van der Waals surface area (Å²) >= 11 is 0. The van der Waals surface area contributed by atoms with Gasteiger partial charge in [0.05, 0.1) is 0 Å². The van der Waals surface area contributed by atoms with Crippen LogP contribution in [0.5, 0.6) is 0 Å². The summed E-state index contributed by atoms with van der Waals surface area (Å²) in [7, 11) is 0. The smallest absolute Gasteiger partial charge is 0.0348 e. The molecule has 0 atom stereocenters. The zero-order chi connectivity index (χ0) is 12.7. The summed E-state index contributed by atoms with van der Waals surface area (Å²) in [6.07, 6.45) is 31.0. The Morgan fingerprint density at radius 2 is 0.611 bits per heavy atom. The lowest BCUT2D eigenvalue weighted by atomic mass is 10.1. The van der Waals surface area contributed by atoms with Crippen LogP contribution in [-0.4, -0.2) is 0 Å². The molecule has 0 aliphatic heterocycles. The van der Waals surface area contributed by atoms with E-state index in [2.05, 4.69) is 48.6 Å². The van der Waals surface area contributed by atoms with E-state index in [0.717, 1.165) is 0 Å². The van der Waals surface area contributed by atoms with Gasteiger partial charge >= 0.3 is 0 Å². The zero-order valence-corrected chi connectivity index (χ0v) is 11.7. The van der Waals surface area contributed by atoms with E-state index in [1.165, 1.54) is 64.2 Å². The Morgan fingerprint density at radius 3 is 0.889 bits per heavy atom. The number of allylic oxidation sites excluding steroid dienone is 8. The van der Waals surface area contributed by atoms with E-state index < -0.39 is 0 Å². The van der Waals surface area contributed by atoms with Crippen LogP contribution in [0.2, 0.25) is 0 Å². The van der Waals surface area contributed by atoms with Gasteiger partial charge in [0.1, 0.15) is 0 Å². The molecule has 1 rings (SSSR count). The molecule has 0 amide bonds. The molecule has 0 aromatic heterocycles. The van der Waals surface area contributed by atoms with Crippen LogP contribution >= 0.6 is 0 Å². The number of rotatable bonds is 0. The summed E-state index contributed by atoms with van der Waals surface area (Å²) in [6.45, 7) is 0. The van der Waals surface area contributed by atoms with Gasteiger partial charge in [-0.2, -0.15) is 0 Å². The van der Waals surface area contributed by atoms with Gasteiger partial charge < -0.3 is 0 Å². The average Bonchev–Trinajstić information content (AvgIpc) is 2.39. The molecule has 100 valence electrons. The molecule has 0 saturated heterocycles. The Hall–Kier alpha value is -1.04. The first kappa shape index (κ1) is 15.0. The van der Waals surface area contributed by atoms with Crippen LogP contribution in [0, 0.1) is 0 Å². The summed E-state index contributed by atoms with van der Waals surface area (Å²) in [6, 6.07) is 0. The molecule has 0 spiro atoms. The van der Waals surface area contributed by atoms with E-state index >= 15 is 0 Å². The minimum absolute atomic E-state index is 1.23. The second-order valence-electron chi connectivity index (χ2n) is 4.99. The highest BCUT2D eigenvalue weighted by Crippen LogP contribution is 2.07. The normalized spacial score (nSPS) is 20.4. The van der Waals surface area contributed by atoms with Crippen LogP contribution in [0.3, 0.4) is 0 Å². The number of hydrogen-bond acceptors (Lipinski definition) is 0. The van der Waals surface area contributed by atoms with Gasteiger partial charge in [0.2, 0.25) is 0 Å². The van der Waals surface area contributed by atoms with Crippen molar-refractivity contribution >= 4 is 0 Å². The molecule has 0 unspecified atom stereocenters. The van der Waals surface area contributed by atoms with Crippen LogP contribution in [0.25, 0.3) is 0 Å². The third-order valence-electron chi connectivity index (χ3n) is 3.25. The van der Waals surface area contributed by atoms with Crippen LogP contribution in [0.15, 0.2) is 48.6 Å². The second-order valence-corrected chi connectivity index (χ2v) is 4.99. The van der Waals surface area contributed by atoms with Crippen LogP contribution in [0.1, 0.15) is 64.2 Å². The molecule has 0 aromatic rings. The molecule has 0 heteroatoms. The summed E-state index contributed by atoms with van der Waals surface area (Å²) in [4.78, 5) is 0. The minimum Gasteiger partial charge on any atom is -0.0845 e. The van der Waals surface area contributed by atoms with Crippen LogP contribution in [0.4, 0.5) is 0 Å². The predicted molar refractivity (Wildman–Crippen MR) is 82.7 cm³/mol. The molecule has 0 radical (unpaired) electrons. The second kappa shape index (κ2) is 12.4. The van der Waals surface area contributed by atoms with Gasteiger partial charge in [-0.15, -0.1) is 0 Å².